The topological polar surface area (TPSA) is 53.1 Å². The van der Waals surface area contributed by atoms with Gasteiger partial charge in [-0.1, -0.05) is 0 Å². The number of hydrogen-bond donors (Lipinski definition) is 1. The Labute approximate surface area is 119 Å². The van der Waals surface area contributed by atoms with Crippen molar-refractivity contribution in [2.24, 2.45) is 0 Å². The first-order chi connectivity index (χ1) is 9.91. The van der Waals surface area contributed by atoms with E-state index >= 15 is 0 Å². The minimum Gasteiger partial charge on any atom is -0.379 e. The molecule has 1 aromatic heterocycles. The zero-order chi connectivity index (χ0) is 15.2. The van der Waals surface area contributed by atoms with Crippen molar-refractivity contribution in [3.63, 3.8) is 0 Å². The number of aromatic nitrogens is 2. The predicted octanol–water partition coefficient (Wildman–Crippen LogP) is 3.38. The van der Waals surface area contributed by atoms with Crippen LogP contribution in [0.25, 0.3) is 11.0 Å². The third-order valence-corrected chi connectivity index (χ3v) is 4.10. The molecule has 4 nitrogen and oxygen atoms in total. The number of nitrogens with zero attached hydrogens (tertiary/aromatic N) is 2. The van der Waals surface area contributed by atoms with Crippen molar-refractivity contribution in [1.29, 1.82) is 0 Å². The molecule has 2 unspecified atom stereocenters. The van der Waals surface area contributed by atoms with Crippen LogP contribution in [-0.2, 0) is 10.9 Å². The smallest absolute Gasteiger partial charge is 0.379 e. The van der Waals surface area contributed by atoms with Gasteiger partial charge in [-0.15, -0.1) is 0 Å². The average Bonchev–Trinajstić information content (AvgIpc) is 2.98. The number of imidazole rings is 1. The van der Waals surface area contributed by atoms with Crippen LogP contribution in [0.5, 0.6) is 0 Å². The van der Waals surface area contributed by atoms with Gasteiger partial charge in [0.15, 0.2) is 0 Å². The number of alkyl halides is 3. The molecule has 1 aliphatic carbocycles. The highest BCUT2D eigenvalue weighted by molar-refractivity contribution is 5.79. The number of hydrogen-bond acceptors (Lipinski definition) is 3. The second-order valence-electron chi connectivity index (χ2n) is 5.31. The molecule has 3 rings (SSSR count). The van der Waals surface area contributed by atoms with E-state index in [1.807, 2.05) is 0 Å². The number of benzene rings is 1. The zero-order valence-electron chi connectivity index (χ0n) is 11.5. The normalized spacial score (nSPS) is 23.0. The van der Waals surface area contributed by atoms with Gasteiger partial charge in [-0.05, 0) is 37.5 Å². The van der Waals surface area contributed by atoms with Gasteiger partial charge in [0.25, 0.3) is 0 Å². The molecule has 2 atom stereocenters. The molecule has 0 bridgehead atoms. The Bertz CT molecular complexity index is 665. The Hall–Kier alpha value is -1.76. The monoisotopic (exact) mass is 299 g/mol. The third-order valence-electron chi connectivity index (χ3n) is 4.10. The van der Waals surface area contributed by atoms with Gasteiger partial charge in [0.1, 0.15) is 0 Å². The summed E-state index contributed by atoms with van der Waals surface area (Å²) in [5, 5.41) is 0. The van der Waals surface area contributed by atoms with Crippen LogP contribution in [0, 0.1) is 0 Å². The Kier molecular flexibility index (Phi) is 3.32. The van der Waals surface area contributed by atoms with E-state index in [0.29, 0.717) is 5.52 Å². The first kappa shape index (κ1) is 14.2. The summed E-state index contributed by atoms with van der Waals surface area (Å²) in [6.07, 6.45) is -1.55. The van der Waals surface area contributed by atoms with E-state index < -0.39 is 11.7 Å². The van der Waals surface area contributed by atoms with E-state index in [9.17, 15) is 13.2 Å². The van der Waals surface area contributed by atoms with E-state index in [0.717, 1.165) is 31.4 Å². The van der Waals surface area contributed by atoms with Crippen molar-refractivity contribution in [1.82, 2.24) is 9.55 Å². The Morgan fingerprint density at radius 1 is 1.33 bits per heavy atom. The highest BCUT2D eigenvalue weighted by Gasteiger charge is 2.33. The Balaban J connectivity index is 2.10. The molecule has 2 aromatic rings. The fourth-order valence-electron chi connectivity index (χ4n) is 3.12. The molecule has 0 radical (unpaired) electrons. The molecule has 1 aliphatic rings. The SMILES string of the molecule is COC1CCCC1n1c(N)nc2cc(C(F)(F)F)ccc21. The molecule has 1 saturated carbocycles. The summed E-state index contributed by atoms with van der Waals surface area (Å²) in [7, 11) is 1.64. The molecular weight excluding hydrogens is 283 g/mol. The van der Waals surface area contributed by atoms with Crippen LogP contribution in [0.2, 0.25) is 0 Å². The quantitative estimate of drug-likeness (QED) is 0.925. The highest BCUT2D eigenvalue weighted by Crippen LogP contribution is 2.38. The van der Waals surface area contributed by atoms with Gasteiger partial charge >= 0.3 is 6.18 Å². The number of ether oxygens (including phenoxy) is 1. The fraction of sp³-hybridized carbons (Fsp3) is 0.500. The van der Waals surface area contributed by atoms with E-state index in [1.165, 1.54) is 6.07 Å². The molecule has 2 N–H and O–H groups in total. The van der Waals surface area contributed by atoms with Gasteiger partial charge in [0.2, 0.25) is 5.95 Å². The molecule has 114 valence electrons. The largest absolute Gasteiger partial charge is 0.416 e. The Morgan fingerprint density at radius 3 is 2.76 bits per heavy atom. The fourth-order valence-corrected chi connectivity index (χ4v) is 3.12. The lowest BCUT2D eigenvalue weighted by molar-refractivity contribution is -0.137. The lowest BCUT2D eigenvalue weighted by Gasteiger charge is -2.21. The summed E-state index contributed by atoms with van der Waals surface area (Å²) in [4.78, 5) is 4.09. The molecule has 21 heavy (non-hydrogen) atoms. The molecule has 0 aliphatic heterocycles. The number of halogens is 3. The van der Waals surface area contributed by atoms with E-state index in [-0.39, 0.29) is 23.6 Å². The van der Waals surface area contributed by atoms with Gasteiger partial charge < -0.3 is 15.0 Å². The molecule has 0 spiro atoms. The van der Waals surface area contributed by atoms with Crippen LogP contribution in [0.3, 0.4) is 0 Å². The van der Waals surface area contributed by atoms with Crippen molar-refractivity contribution in [2.75, 3.05) is 12.8 Å². The minimum atomic E-state index is -4.38. The minimum absolute atomic E-state index is 0.0204. The van der Waals surface area contributed by atoms with E-state index in [1.54, 1.807) is 11.7 Å². The van der Waals surface area contributed by atoms with Crippen LogP contribution >= 0.6 is 0 Å². The van der Waals surface area contributed by atoms with Crippen LogP contribution in [0.1, 0.15) is 30.9 Å². The number of anilines is 1. The average molecular weight is 299 g/mol. The third kappa shape index (κ3) is 2.35. The molecule has 1 fully saturated rings. The zero-order valence-corrected chi connectivity index (χ0v) is 11.5. The summed E-state index contributed by atoms with van der Waals surface area (Å²) in [5.74, 6) is 0.235. The lowest BCUT2D eigenvalue weighted by Crippen LogP contribution is -2.21. The second-order valence-corrected chi connectivity index (χ2v) is 5.31. The van der Waals surface area contributed by atoms with Gasteiger partial charge in [-0.25, -0.2) is 4.98 Å². The number of fused-ring (bicyclic) bond motifs is 1. The van der Waals surface area contributed by atoms with Crippen molar-refractivity contribution >= 4 is 17.0 Å². The maximum Gasteiger partial charge on any atom is 0.416 e. The number of methoxy groups -OCH3 is 1. The lowest BCUT2D eigenvalue weighted by atomic mass is 10.1. The summed E-state index contributed by atoms with van der Waals surface area (Å²) in [6.45, 7) is 0. The molecule has 1 aromatic carbocycles. The first-order valence-corrected chi connectivity index (χ1v) is 6.79. The van der Waals surface area contributed by atoms with Crippen LogP contribution < -0.4 is 5.73 Å². The highest BCUT2D eigenvalue weighted by atomic mass is 19.4. The maximum atomic E-state index is 12.8. The van der Waals surface area contributed by atoms with Gasteiger partial charge in [0.05, 0.1) is 28.7 Å². The summed E-state index contributed by atoms with van der Waals surface area (Å²) < 4.78 is 45.5. The van der Waals surface area contributed by atoms with Crippen molar-refractivity contribution in [3.8, 4) is 0 Å². The summed E-state index contributed by atoms with van der Waals surface area (Å²) in [6, 6.07) is 3.57. The number of rotatable bonds is 2. The van der Waals surface area contributed by atoms with E-state index in [4.69, 9.17) is 10.5 Å². The Morgan fingerprint density at radius 2 is 2.10 bits per heavy atom. The van der Waals surface area contributed by atoms with Crippen LogP contribution in [-0.4, -0.2) is 22.8 Å². The van der Waals surface area contributed by atoms with Crippen LogP contribution in [0.15, 0.2) is 18.2 Å². The number of nitrogens with two attached hydrogens (primary N) is 1. The van der Waals surface area contributed by atoms with Crippen molar-refractivity contribution < 1.29 is 17.9 Å². The van der Waals surface area contributed by atoms with Crippen LogP contribution in [0.4, 0.5) is 19.1 Å². The molecule has 1 heterocycles. The molecule has 7 heteroatoms. The maximum absolute atomic E-state index is 12.8. The summed E-state index contributed by atoms with van der Waals surface area (Å²) >= 11 is 0. The predicted molar refractivity (Wildman–Crippen MR) is 72.8 cm³/mol. The van der Waals surface area contributed by atoms with Gasteiger partial charge in [-0.3, -0.25) is 0 Å². The number of nitrogen functional groups attached to an aromatic ring is 1. The van der Waals surface area contributed by atoms with Crippen molar-refractivity contribution in [2.45, 2.75) is 37.6 Å². The van der Waals surface area contributed by atoms with Gasteiger partial charge in [-0.2, -0.15) is 13.2 Å². The molecule has 0 amide bonds. The van der Waals surface area contributed by atoms with Crippen molar-refractivity contribution in [3.05, 3.63) is 23.8 Å². The first-order valence-electron chi connectivity index (χ1n) is 6.79. The van der Waals surface area contributed by atoms with E-state index in [2.05, 4.69) is 4.98 Å². The summed E-state index contributed by atoms with van der Waals surface area (Å²) in [5.41, 5.74) is 6.10. The van der Waals surface area contributed by atoms with Gasteiger partial charge in [0, 0.05) is 7.11 Å². The second kappa shape index (κ2) is 4.91. The molecule has 0 saturated heterocycles. The molecular formula is C14H16F3N3O. The standard InChI is InChI=1S/C14H16F3N3O/c1-21-12-4-2-3-11(12)20-10-6-5-8(14(15,16)17)7-9(10)19-13(20)18/h5-7,11-12H,2-4H2,1H3,(H2,18,19).